The standard InChI is InChI=1S/C61H38N4/c1-5-19-39(20-6-1)51-37-35-42-33-34-43-36-38-52(63-60(43)59(42)62-51)54-45-27-13-15-29-47(45)55(48-30-16-14-28-46(48)54)56-49-31-17-18-32-50(49)61-57(53(56)40-21-7-2-8-22-40)58(41-23-9-3-10-24-41)64-65(61)44-25-11-4-12-26-44/h1-38H. The third kappa shape index (κ3) is 5.88. The fourth-order valence-corrected chi connectivity index (χ4v) is 10.1. The molecule has 0 spiro atoms. The van der Waals surface area contributed by atoms with Crippen LogP contribution in [0.15, 0.2) is 231 Å². The normalized spacial score (nSPS) is 11.7. The first-order valence-electron chi connectivity index (χ1n) is 22.1. The molecule has 4 heteroatoms. The Bertz CT molecular complexity index is 3920. The number of pyridine rings is 2. The fourth-order valence-electron chi connectivity index (χ4n) is 10.1. The summed E-state index contributed by atoms with van der Waals surface area (Å²) in [5.74, 6) is 0. The van der Waals surface area contributed by atoms with Crippen LogP contribution in [0.25, 0.3) is 127 Å². The van der Waals surface area contributed by atoms with Crippen LogP contribution in [0.4, 0.5) is 0 Å². The monoisotopic (exact) mass is 826 g/mol. The lowest BCUT2D eigenvalue weighted by Crippen LogP contribution is -1.99. The van der Waals surface area contributed by atoms with Gasteiger partial charge in [0.15, 0.2) is 0 Å². The van der Waals surface area contributed by atoms with Gasteiger partial charge in [0.1, 0.15) is 5.69 Å². The summed E-state index contributed by atoms with van der Waals surface area (Å²) in [6.45, 7) is 0. The van der Waals surface area contributed by atoms with Gasteiger partial charge in [-0.2, -0.15) is 5.10 Å². The predicted molar refractivity (Wildman–Crippen MR) is 271 cm³/mol. The molecule has 10 aromatic carbocycles. The SMILES string of the molecule is c1ccc(-c2ccc3ccc4ccc(-c5c6ccccc6c(-c6c(-c7ccccc7)c7c(-c8ccccc8)nn(-c8ccccc8)c7c7ccccc67)c6ccccc56)nc4c3n2)cc1. The lowest BCUT2D eigenvalue weighted by atomic mass is 9.80. The van der Waals surface area contributed by atoms with E-state index in [0.717, 1.165) is 116 Å². The Kier molecular flexibility index (Phi) is 8.50. The van der Waals surface area contributed by atoms with E-state index in [4.69, 9.17) is 15.1 Å². The number of fused-ring (bicyclic) bond motifs is 8. The molecule has 0 radical (unpaired) electrons. The smallest absolute Gasteiger partial charge is 0.101 e. The third-order valence-electron chi connectivity index (χ3n) is 13.0. The van der Waals surface area contributed by atoms with E-state index in [1.54, 1.807) is 0 Å². The van der Waals surface area contributed by atoms with Gasteiger partial charge in [0.2, 0.25) is 0 Å². The van der Waals surface area contributed by atoms with Crippen LogP contribution in [-0.4, -0.2) is 19.7 Å². The molecular formula is C61H38N4. The van der Waals surface area contributed by atoms with Crippen LogP contribution in [0.3, 0.4) is 0 Å². The molecule has 3 aromatic heterocycles. The Hall–Kier alpha value is -8.73. The molecule has 0 bridgehead atoms. The first kappa shape index (κ1) is 36.9. The molecule has 0 fully saturated rings. The number of hydrogen-bond donors (Lipinski definition) is 0. The zero-order valence-electron chi connectivity index (χ0n) is 35.2. The van der Waals surface area contributed by atoms with Gasteiger partial charge in [-0.05, 0) is 67.9 Å². The van der Waals surface area contributed by atoms with Crippen molar-refractivity contribution in [3.05, 3.63) is 231 Å². The molecule has 0 N–H and O–H groups in total. The number of benzene rings is 10. The Labute approximate surface area is 375 Å². The van der Waals surface area contributed by atoms with E-state index in [1.165, 1.54) is 11.1 Å². The van der Waals surface area contributed by atoms with Crippen LogP contribution in [0.5, 0.6) is 0 Å². The maximum atomic E-state index is 5.57. The molecule has 0 saturated heterocycles. The Balaban J connectivity index is 1.17. The molecule has 13 rings (SSSR count). The van der Waals surface area contributed by atoms with Gasteiger partial charge >= 0.3 is 0 Å². The molecule has 0 aliphatic carbocycles. The van der Waals surface area contributed by atoms with Gasteiger partial charge in [0, 0.05) is 43.8 Å². The number of nitrogens with zero attached hydrogens (tertiary/aromatic N) is 4. The summed E-state index contributed by atoms with van der Waals surface area (Å²) in [7, 11) is 0. The lowest BCUT2D eigenvalue weighted by Gasteiger charge is -2.22. The molecule has 3 heterocycles. The molecule has 13 aromatic rings. The van der Waals surface area contributed by atoms with E-state index in [-0.39, 0.29) is 0 Å². The number of hydrogen-bond acceptors (Lipinski definition) is 3. The topological polar surface area (TPSA) is 43.6 Å². The first-order chi connectivity index (χ1) is 32.3. The fraction of sp³-hybridized carbons (Fsp3) is 0. The van der Waals surface area contributed by atoms with Crippen molar-refractivity contribution in [1.29, 1.82) is 0 Å². The van der Waals surface area contributed by atoms with Crippen LogP contribution in [0.1, 0.15) is 0 Å². The largest absolute Gasteiger partial charge is 0.245 e. The van der Waals surface area contributed by atoms with Crippen LogP contribution in [0, 0.1) is 0 Å². The van der Waals surface area contributed by atoms with Crippen LogP contribution < -0.4 is 0 Å². The van der Waals surface area contributed by atoms with E-state index < -0.39 is 0 Å². The third-order valence-corrected chi connectivity index (χ3v) is 13.0. The Morgan fingerprint density at radius 3 is 1.28 bits per heavy atom. The van der Waals surface area contributed by atoms with Gasteiger partial charge in [-0.1, -0.05) is 206 Å². The average Bonchev–Trinajstić information content (AvgIpc) is 3.79. The molecule has 0 aliphatic rings. The minimum Gasteiger partial charge on any atom is -0.245 e. The zero-order chi connectivity index (χ0) is 42.8. The van der Waals surface area contributed by atoms with Crippen molar-refractivity contribution in [3.8, 4) is 61.7 Å². The second-order valence-electron chi connectivity index (χ2n) is 16.7. The number of para-hydroxylation sites is 1. The van der Waals surface area contributed by atoms with Gasteiger partial charge in [-0.15, -0.1) is 0 Å². The molecule has 4 nitrogen and oxygen atoms in total. The zero-order valence-corrected chi connectivity index (χ0v) is 35.2. The van der Waals surface area contributed by atoms with E-state index in [1.807, 2.05) is 6.07 Å². The summed E-state index contributed by atoms with van der Waals surface area (Å²) in [6.07, 6.45) is 0. The van der Waals surface area contributed by atoms with Crippen molar-refractivity contribution in [2.75, 3.05) is 0 Å². The highest BCUT2D eigenvalue weighted by Crippen LogP contribution is 2.52. The van der Waals surface area contributed by atoms with Gasteiger partial charge in [-0.3, -0.25) is 0 Å². The first-order valence-corrected chi connectivity index (χ1v) is 22.1. The van der Waals surface area contributed by atoms with Gasteiger partial charge < -0.3 is 0 Å². The molecular weight excluding hydrogens is 789 g/mol. The maximum absolute atomic E-state index is 5.57. The van der Waals surface area contributed by atoms with E-state index in [0.29, 0.717) is 0 Å². The highest BCUT2D eigenvalue weighted by atomic mass is 15.3. The van der Waals surface area contributed by atoms with Crippen molar-refractivity contribution in [2.24, 2.45) is 0 Å². The van der Waals surface area contributed by atoms with Crippen molar-refractivity contribution in [3.63, 3.8) is 0 Å². The van der Waals surface area contributed by atoms with Crippen molar-refractivity contribution in [2.45, 2.75) is 0 Å². The van der Waals surface area contributed by atoms with Gasteiger partial charge in [0.25, 0.3) is 0 Å². The highest BCUT2D eigenvalue weighted by molar-refractivity contribution is 6.30. The average molecular weight is 827 g/mol. The minimum atomic E-state index is 0.890. The number of aromatic nitrogens is 4. The predicted octanol–water partition coefficient (Wildman–Crippen LogP) is 15.9. The van der Waals surface area contributed by atoms with Crippen molar-refractivity contribution >= 4 is 65.0 Å². The minimum absolute atomic E-state index is 0.890. The molecule has 0 saturated carbocycles. The summed E-state index contributed by atoms with van der Waals surface area (Å²) >= 11 is 0. The molecule has 0 unspecified atom stereocenters. The molecule has 65 heavy (non-hydrogen) atoms. The second kappa shape index (κ2) is 15.0. The van der Waals surface area contributed by atoms with Gasteiger partial charge in [-0.25, -0.2) is 14.6 Å². The Morgan fingerprint density at radius 2 is 0.708 bits per heavy atom. The summed E-state index contributed by atoms with van der Waals surface area (Å²) in [5.41, 5.74) is 14.6. The summed E-state index contributed by atoms with van der Waals surface area (Å²) in [5, 5.41) is 15.7. The van der Waals surface area contributed by atoms with Crippen LogP contribution in [-0.2, 0) is 0 Å². The molecule has 0 amide bonds. The van der Waals surface area contributed by atoms with E-state index in [2.05, 4.69) is 229 Å². The number of rotatable bonds is 6. The Morgan fingerprint density at radius 1 is 0.292 bits per heavy atom. The summed E-state index contributed by atoms with van der Waals surface area (Å²) < 4.78 is 2.16. The van der Waals surface area contributed by atoms with E-state index >= 15 is 0 Å². The quantitative estimate of drug-likeness (QED) is 0.124. The maximum Gasteiger partial charge on any atom is 0.101 e. The molecule has 0 aliphatic heterocycles. The summed E-state index contributed by atoms with van der Waals surface area (Å²) in [4.78, 5) is 10.8. The van der Waals surface area contributed by atoms with Crippen LogP contribution >= 0.6 is 0 Å². The second-order valence-corrected chi connectivity index (χ2v) is 16.7. The lowest BCUT2D eigenvalue weighted by molar-refractivity contribution is 0.918. The molecule has 302 valence electrons. The van der Waals surface area contributed by atoms with Gasteiger partial charge in [0.05, 0.1) is 33.6 Å². The van der Waals surface area contributed by atoms with Crippen LogP contribution in [0.2, 0.25) is 0 Å². The van der Waals surface area contributed by atoms with Crippen molar-refractivity contribution < 1.29 is 0 Å². The molecule has 0 atom stereocenters. The van der Waals surface area contributed by atoms with Crippen molar-refractivity contribution in [1.82, 2.24) is 19.7 Å². The summed E-state index contributed by atoms with van der Waals surface area (Å²) in [6, 6.07) is 82.1. The van der Waals surface area contributed by atoms with E-state index in [9.17, 15) is 0 Å². The highest BCUT2D eigenvalue weighted by Gasteiger charge is 2.28.